The van der Waals surface area contributed by atoms with Gasteiger partial charge in [-0.25, -0.2) is 0 Å². The van der Waals surface area contributed by atoms with Gasteiger partial charge < -0.3 is 10.1 Å². The van der Waals surface area contributed by atoms with Gasteiger partial charge in [0.1, 0.15) is 16.7 Å². The van der Waals surface area contributed by atoms with Crippen LogP contribution in [0, 0.1) is 11.3 Å². The van der Waals surface area contributed by atoms with Gasteiger partial charge in [-0.3, -0.25) is 0 Å². The molecule has 0 aliphatic heterocycles. The molecule has 1 aromatic heterocycles. The number of hydrogen-bond donors (Lipinski definition) is 1. The number of ether oxygens (including phenoxy) is 1. The number of rotatable bonds is 5. The van der Waals surface area contributed by atoms with Gasteiger partial charge in [0.25, 0.3) is 0 Å². The van der Waals surface area contributed by atoms with Gasteiger partial charge in [-0.05, 0) is 37.3 Å². The first-order valence-corrected chi connectivity index (χ1v) is 7.07. The van der Waals surface area contributed by atoms with Crippen molar-refractivity contribution in [3.05, 3.63) is 45.1 Å². The lowest BCUT2D eigenvalue weighted by Gasteiger charge is -2.09. The van der Waals surface area contributed by atoms with Crippen molar-refractivity contribution in [2.45, 2.75) is 13.5 Å². The van der Waals surface area contributed by atoms with Crippen molar-refractivity contribution >= 4 is 28.6 Å². The molecule has 0 bridgehead atoms. The molecule has 0 aliphatic rings. The highest BCUT2D eigenvalue weighted by molar-refractivity contribution is 7.12. The smallest absolute Gasteiger partial charge is 0.138 e. The lowest BCUT2D eigenvalue weighted by molar-refractivity contribution is 0.340. The quantitative estimate of drug-likeness (QED) is 0.894. The van der Waals surface area contributed by atoms with Crippen molar-refractivity contribution in [3.63, 3.8) is 0 Å². The number of anilines is 1. The van der Waals surface area contributed by atoms with Gasteiger partial charge in [-0.2, -0.15) is 5.26 Å². The van der Waals surface area contributed by atoms with E-state index in [0.717, 1.165) is 15.4 Å². The average molecular weight is 293 g/mol. The van der Waals surface area contributed by atoms with E-state index in [9.17, 15) is 0 Å². The first kappa shape index (κ1) is 13.7. The standard InChI is InChI=1S/C14H13ClN2OS/c1-2-18-14-6-3-10(7-13(14)15)17-9-12-5-4-11(8-16)19-12/h3-7,17H,2,9H2,1H3. The van der Waals surface area contributed by atoms with Crippen LogP contribution in [0.4, 0.5) is 5.69 Å². The highest BCUT2D eigenvalue weighted by Gasteiger charge is 2.03. The van der Waals surface area contributed by atoms with Crippen LogP contribution in [-0.4, -0.2) is 6.61 Å². The Labute approximate surface area is 121 Å². The third-order valence-electron chi connectivity index (χ3n) is 2.47. The molecule has 2 rings (SSSR count). The van der Waals surface area contributed by atoms with Crippen LogP contribution in [0.1, 0.15) is 16.7 Å². The largest absolute Gasteiger partial charge is 0.492 e. The SMILES string of the molecule is CCOc1ccc(NCc2ccc(C#N)s2)cc1Cl. The van der Waals surface area contributed by atoms with Gasteiger partial charge in [0, 0.05) is 17.1 Å². The molecule has 0 radical (unpaired) electrons. The van der Waals surface area contributed by atoms with Crippen molar-refractivity contribution in [2.75, 3.05) is 11.9 Å². The van der Waals surface area contributed by atoms with E-state index in [2.05, 4.69) is 11.4 Å². The van der Waals surface area contributed by atoms with Gasteiger partial charge in [-0.1, -0.05) is 11.6 Å². The van der Waals surface area contributed by atoms with E-state index >= 15 is 0 Å². The summed E-state index contributed by atoms with van der Waals surface area (Å²) in [5.74, 6) is 0.692. The van der Waals surface area contributed by atoms with E-state index in [4.69, 9.17) is 21.6 Å². The zero-order chi connectivity index (χ0) is 13.7. The van der Waals surface area contributed by atoms with Crippen LogP contribution >= 0.6 is 22.9 Å². The minimum Gasteiger partial charge on any atom is -0.492 e. The summed E-state index contributed by atoms with van der Waals surface area (Å²) < 4.78 is 5.38. The van der Waals surface area contributed by atoms with Crippen molar-refractivity contribution in [3.8, 4) is 11.8 Å². The van der Waals surface area contributed by atoms with Crippen LogP contribution in [-0.2, 0) is 6.54 Å². The summed E-state index contributed by atoms with van der Waals surface area (Å²) in [6.07, 6.45) is 0. The van der Waals surface area contributed by atoms with Crippen molar-refractivity contribution < 1.29 is 4.74 Å². The number of hydrogen-bond acceptors (Lipinski definition) is 4. The third-order valence-corrected chi connectivity index (χ3v) is 3.76. The van der Waals surface area contributed by atoms with Gasteiger partial charge >= 0.3 is 0 Å². The van der Waals surface area contributed by atoms with Crippen LogP contribution in [0.2, 0.25) is 5.02 Å². The van der Waals surface area contributed by atoms with E-state index in [0.29, 0.717) is 23.9 Å². The molecule has 3 nitrogen and oxygen atoms in total. The minimum absolute atomic E-state index is 0.593. The van der Waals surface area contributed by atoms with Crippen LogP contribution in [0.5, 0.6) is 5.75 Å². The number of halogens is 1. The summed E-state index contributed by atoms with van der Waals surface area (Å²) in [5, 5.41) is 12.6. The second kappa shape index (κ2) is 6.46. The number of thiophene rings is 1. The lowest BCUT2D eigenvalue weighted by atomic mass is 10.3. The number of nitrogens with zero attached hydrogens (tertiary/aromatic N) is 1. The molecule has 0 saturated carbocycles. The highest BCUT2D eigenvalue weighted by atomic mass is 35.5. The van der Waals surface area contributed by atoms with E-state index in [1.807, 2.05) is 37.3 Å². The molecule has 0 amide bonds. The van der Waals surface area contributed by atoms with Crippen LogP contribution in [0.15, 0.2) is 30.3 Å². The summed E-state index contributed by atoms with van der Waals surface area (Å²) >= 11 is 7.60. The molecule has 0 spiro atoms. The molecule has 0 aliphatic carbocycles. The Balaban J connectivity index is 2.00. The van der Waals surface area contributed by atoms with Crippen molar-refractivity contribution in [1.82, 2.24) is 0 Å². The molecule has 19 heavy (non-hydrogen) atoms. The van der Waals surface area contributed by atoms with E-state index in [-0.39, 0.29) is 0 Å². The van der Waals surface area contributed by atoms with Crippen LogP contribution in [0.25, 0.3) is 0 Å². The maximum atomic E-state index is 8.76. The van der Waals surface area contributed by atoms with Gasteiger partial charge in [0.2, 0.25) is 0 Å². The molecule has 2 aromatic rings. The molecule has 1 N–H and O–H groups in total. The number of nitrogens with one attached hydrogen (secondary N) is 1. The molecule has 0 unspecified atom stereocenters. The zero-order valence-corrected chi connectivity index (χ0v) is 12.0. The van der Waals surface area contributed by atoms with E-state index in [1.54, 1.807) is 0 Å². The monoisotopic (exact) mass is 292 g/mol. The van der Waals surface area contributed by atoms with E-state index in [1.165, 1.54) is 11.3 Å². The maximum absolute atomic E-state index is 8.76. The van der Waals surface area contributed by atoms with Gasteiger partial charge in [0.05, 0.1) is 11.6 Å². The molecule has 1 heterocycles. The molecule has 1 aromatic carbocycles. The predicted molar refractivity (Wildman–Crippen MR) is 79.0 cm³/mol. The molecule has 98 valence electrons. The van der Waals surface area contributed by atoms with E-state index < -0.39 is 0 Å². The van der Waals surface area contributed by atoms with Crippen molar-refractivity contribution in [2.24, 2.45) is 0 Å². The first-order valence-electron chi connectivity index (χ1n) is 5.88. The average Bonchev–Trinajstić information content (AvgIpc) is 2.87. The summed E-state index contributed by atoms with van der Waals surface area (Å²) in [6.45, 7) is 3.20. The Morgan fingerprint density at radius 3 is 2.84 bits per heavy atom. The van der Waals surface area contributed by atoms with Gasteiger partial charge in [0.15, 0.2) is 0 Å². The van der Waals surface area contributed by atoms with Gasteiger partial charge in [-0.15, -0.1) is 11.3 Å². The summed E-state index contributed by atoms with van der Waals surface area (Å²) in [7, 11) is 0. The Kier molecular flexibility index (Phi) is 4.67. The Bertz CT molecular complexity index is 604. The number of benzene rings is 1. The van der Waals surface area contributed by atoms with Crippen molar-refractivity contribution in [1.29, 1.82) is 5.26 Å². The van der Waals surface area contributed by atoms with Crippen LogP contribution < -0.4 is 10.1 Å². The zero-order valence-electron chi connectivity index (χ0n) is 10.4. The summed E-state index contributed by atoms with van der Waals surface area (Å²) in [6, 6.07) is 11.5. The second-order valence-corrected chi connectivity index (χ2v) is 5.39. The highest BCUT2D eigenvalue weighted by Crippen LogP contribution is 2.28. The number of nitriles is 1. The molecule has 0 fully saturated rings. The minimum atomic E-state index is 0.593. The summed E-state index contributed by atoms with van der Waals surface area (Å²) in [5.41, 5.74) is 0.931. The Morgan fingerprint density at radius 1 is 1.37 bits per heavy atom. The predicted octanol–water partition coefficient (Wildman–Crippen LogP) is 4.28. The Morgan fingerprint density at radius 2 is 2.21 bits per heavy atom. The fourth-order valence-electron chi connectivity index (χ4n) is 1.61. The molecular formula is C14H13ClN2OS. The molecule has 0 saturated heterocycles. The molecule has 0 atom stereocenters. The second-order valence-electron chi connectivity index (χ2n) is 3.81. The normalized spacial score (nSPS) is 9.95. The fourth-order valence-corrected chi connectivity index (χ4v) is 2.59. The fraction of sp³-hybridized carbons (Fsp3) is 0.214. The topological polar surface area (TPSA) is 45.0 Å². The Hall–Kier alpha value is -1.70. The van der Waals surface area contributed by atoms with Crippen LogP contribution in [0.3, 0.4) is 0 Å². The molecule has 5 heteroatoms. The molecular weight excluding hydrogens is 280 g/mol. The maximum Gasteiger partial charge on any atom is 0.138 e. The summed E-state index contributed by atoms with van der Waals surface area (Å²) in [4.78, 5) is 1.84. The third kappa shape index (κ3) is 3.63. The first-order chi connectivity index (χ1) is 9.22. The lowest BCUT2D eigenvalue weighted by Crippen LogP contribution is -1.98.